The Morgan fingerprint density at radius 3 is 3.00 bits per heavy atom. The Labute approximate surface area is 135 Å². The summed E-state index contributed by atoms with van der Waals surface area (Å²) in [4.78, 5) is 22.2. The molecule has 6 nitrogen and oxygen atoms in total. The standard InChI is InChI=1S/C17H21N3O3/c1-22-11-12-4-3-5-13(8-12)17(21)20-10-14(23-2)9-15(20)16-18-6-7-19-16/h3-8,14-15H,9-11H2,1-2H3,(H,18,19)/t14-,15?/m1/s1. The van der Waals surface area contributed by atoms with Gasteiger partial charge >= 0.3 is 0 Å². The van der Waals surface area contributed by atoms with Crippen molar-refractivity contribution in [1.82, 2.24) is 14.9 Å². The topological polar surface area (TPSA) is 67.4 Å². The number of carbonyl (C=O) groups excluding carboxylic acids is 1. The maximum Gasteiger partial charge on any atom is 0.254 e. The van der Waals surface area contributed by atoms with Gasteiger partial charge in [-0.2, -0.15) is 0 Å². The maximum atomic E-state index is 13.0. The molecule has 23 heavy (non-hydrogen) atoms. The van der Waals surface area contributed by atoms with Crippen LogP contribution >= 0.6 is 0 Å². The maximum absolute atomic E-state index is 13.0. The number of hydrogen-bond acceptors (Lipinski definition) is 4. The molecular formula is C17H21N3O3. The molecular weight excluding hydrogens is 294 g/mol. The van der Waals surface area contributed by atoms with Crippen molar-refractivity contribution in [2.45, 2.75) is 25.2 Å². The van der Waals surface area contributed by atoms with E-state index in [1.165, 1.54) is 0 Å². The first-order valence-electron chi connectivity index (χ1n) is 7.64. The summed E-state index contributed by atoms with van der Waals surface area (Å²) in [5.74, 6) is 0.787. The zero-order chi connectivity index (χ0) is 16.2. The molecule has 3 rings (SSSR count). The van der Waals surface area contributed by atoms with Crippen LogP contribution in [0.3, 0.4) is 0 Å². The minimum atomic E-state index is -0.0893. The molecule has 1 amide bonds. The molecule has 1 aliphatic rings. The lowest BCUT2D eigenvalue weighted by Crippen LogP contribution is -2.32. The first-order chi connectivity index (χ1) is 11.2. The molecule has 1 saturated heterocycles. The minimum absolute atomic E-state index is 0.0103. The van der Waals surface area contributed by atoms with E-state index in [4.69, 9.17) is 9.47 Å². The first kappa shape index (κ1) is 15.7. The number of hydrogen-bond donors (Lipinski definition) is 1. The van der Waals surface area contributed by atoms with Crippen LogP contribution in [0.4, 0.5) is 0 Å². The molecule has 2 aromatic rings. The fourth-order valence-electron chi connectivity index (χ4n) is 3.04. The molecule has 1 aromatic carbocycles. The van der Waals surface area contributed by atoms with Gasteiger partial charge in [-0.3, -0.25) is 4.79 Å². The van der Waals surface area contributed by atoms with Crippen LogP contribution in [0.5, 0.6) is 0 Å². The number of imidazole rings is 1. The Balaban J connectivity index is 1.85. The number of carbonyl (C=O) groups is 1. The number of benzene rings is 1. The van der Waals surface area contributed by atoms with Crippen molar-refractivity contribution >= 4 is 5.91 Å². The van der Waals surface area contributed by atoms with Crippen LogP contribution in [0.15, 0.2) is 36.7 Å². The number of nitrogens with zero attached hydrogens (tertiary/aromatic N) is 2. The number of aromatic amines is 1. The van der Waals surface area contributed by atoms with Crippen molar-refractivity contribution in [3.63, 3.8) is 0 Å². The zero-order valence-electron chi connectivity index (χ0n) is 13.4. The number of H-pyrrole nitrogens is 1. The van der Waals surface area contributed by atoms with Gasteiger partial charge < -0.3 is 19.4 Å². The van der Waals surface area contributed by atoms with Crippen LogP contribution < -0.4 is 0 Å². The summed E-state index contributed by atoms with van der Waals surface area (Å²) in [6.45, 7) is 1.05. The lowest BCUT2D eigenvalue weighted by Gasteiger charge is -2.23. The number of nitrogens with one attached hydrogen (secondary N) is 1. The normalized spacial score (nSPS) is 20.9. The van der Waals surface area contributed by atoms with Gasteiger partial charge in [-0.25, -0.2) is 4.98 Å². The molecule has 0 bridgehead atoms. The molecule has 1 fully saturated rings. The average molecular weight is 315 g/mol. The van der Waals surface area contributed by atoms with Crippen LogP contribution in [-0.2, 0) is 16.1 Å². The van der Waals surface area contributed by atoms with Gasteiger partial charge in [-0.05, 0) is 17.7 Å². The van der Waals surface area contributed by atoms with E-state index in [1.54, 1.807) is 26.6 Å². The summed E-state index contributed by atoms with van der Waals surface area (Å²) in [6.07, 6.45) is 4.25. The Morgan fingerprint density at radius 1 is 1.43 bits per heavy atom. The van der Waals surface area contributed by atoms with E-state index < -0.39 is 0 Å². The predicted molar refractivity (Wildman–Crippen MR) is 84.9 cm³/mol. The number of aromatic nitrogens is 2. The van der Waals surface area contributed by atoms with E-state index >= 15 is 0 Å². The fourth-order valence-corrected chi connectivity index (χ4v) is 3.04. The highest BCUT2D eigenvalue weighted by molar-refractivity contribution is 5.94. The molecule has 0 spiro atoms. The summed E-state index contributed by atoms with van der Waals surface area (Å²) >= 11 is 0. The van der Waals surface area contributed by atoms with Gasteiger partial charge in [0.05, 0.1) is 18.8 Å². The Bertz CT molecular complexity index is 657. The van der Waals surface area contributed by atoms with E-state index in [-0.39, 0.29) is 18.1 Å². The molecule has 0 radical (unpaired) electrons. The molecule has 2 heterocycles. The summed E-state index contributed by atoms with van der Waals surface area (Å²) in [5, 5.41) is 0. The highest BCUT2D eigenvalue weighted by Crippen LogP contribution is 2.32. The zero-order valence-corrected chi connectivity index (χ0v) is 13.4. The lowest BCUT2D eigenvalue weighted by atomic mass is 10.1. The van der Waals surface area contributed by atoms with Crippen molar-refractivity contribution in [1.29, 1.82) is 0 Å². The molecule has 1 aromatic heterocycles. The number of amides is 1. The predicted octanol–water partition coefficient (Wildman–Crippen LogP) is 2.16. The SMILES string of the molecule is COCc1cccc(C(=O)N2C[C@H](OC)CC2c2ncc[nH]2)c1. The molecule has 2 atom stereocenters. The number of likely N-dealkylation sites (tertiary alicyclic amines) is 1. The number of rotatable bonds is 5. The van der Waals surface area contributed by atoms with Crippen molar-refractivity contribution in [2.24, 2.45) is 0 Å². The summed E-state index contributed by atoms with van der Waals surface area (Å²) in [6, 6.07) is 7.46. The van der Waals surface area contributed by atoms with Gasteiger partial charge in [0.25, 0.3) is 5.91 Å². The van der Waals surface area contributed by atoms with E-state index in [2.05, 4.69) is 9.97 Å². The van der Waals surface area contributed by atoms with Crippen LogP contribution in [-0.4, -0.2) is 47.6 Å². The molecule has 0 aliphatic carbocycles. The monoisotopic (exact) mass is 315 g/mol. The van der Waals surface area contributed by atoms with Gasteiger partial charge in [0.2, 0.25) is 0 Å². The molecule has 1 aliphatic heterocycles. The molecule has 0 saturated carbocycles. The largest absolute Gasteiger partial charge is 0.380 e. The van der Waals surface area contributed by atoms with E-state index in [0.29, 0.717) is 18.7 Å². The van der Waals surface area contributed by atoms with Crippen LogP contribution in [0, 0.1) is 0 Å². The van der Waals surface area contributed by atoms with Crippen molar-refractivity contribution in [3.8, 4) is 0 Å². The second kappa shape index (κ2) is 6.93. The summed E-state index contributed by atoms with van der Waals surface area (Å²) in [7, 11) is 3.32. The van der Waals surface area contributed by atoms with Gasteiger partial charge in [0, 0.05) is 45.1 Å². The van der Waals surface area contributed by atoms with Crippen molar-refractivity contribution in [2.75, 3.05) is 20.8 Å². The first-order valence-corrected chi connectivity index (χ1v) is 7.64. The molecule has 1 N–H and O–H groups in total. The smallest absolute Gasteiger partial charge is 0.254 e. The minimum Gasteiger partial charge on any atom is -0.380 e. The van der Waals surface area contributed by atoms with Gasteiger partial charge in [-0.15, -0.1) is 0 Å². The molecule has 1 unspecified atom stereocenters. The third-order valence-electron chi connectivity index (χ3n) is 4.18. The van der Waals surface area contributed by atoms with E-state index in [9.17, 15) is 4.79 Å². The second-order valence-electron chi connectivity index (χ2n) is 5.67. The number of ether oxygens (including phenoxy) is 2. The summed E-state index contributed by atoms with van der Waals surface area (Å²) in [5.41, 5.74) is 1.64. The Kier molecular flexibility index (Phi) is 4.73. The van der Waals surface area contributed by atoms with Crippen LogP contribution in [0.25, 0.3) is 0 Å². The Morgan fingerprint density at radius 2 is 2.30 bits per heavy atom. The van der Waals surface area contributed by atoms with Crippen molar-refractivity contribution in [3.05, 3.63) is 53.6 Å². The third-order valence-corrected chi connectivity index (χ3v) is 4.18. The third kappa shape index (κ3) is 3.28. The quantitative estimate of drug-likeness (QED) is 0.918. The van der Waals surface area contributed by atoms with Crippen molar-refractivity contribution < 1.29 is 14.3 Å². The summed E-state index contributed by atoms with van der Waals surface area (Å²) < 4.78 is 10.6. The van der Waals surface area contributed by atoms with E-state index in [1.807, 2.05) is 29.2 Å². The van der Waals surface area contributed by atoms with Crippen LogP contribution in [0.1, 0.15) is 34.2 Å². The number of methoxy groups -OCH3 is 2. The van der Waals surface area contributed by atoms with Gasteiger partial charge in [0.15, 0.2) is 0 Å². The molecule has 6 heteroatoms. The highest BCUT2D eigenvalue weighted by Gasteiger charge is 2.38. The molecule has 122 valence electrons. The average Bonchev–Trinajstić information content (AvgIpc) is 3.23. The highest BCUT2D eigenvalue weighted by atomic mass is 16.5. The second-order valence-corrected chi connectivity index (χ2v) is 5.67. The fraction of sp³-hybridized carbons (Fsp3) is 0.412. The lowest BCUT2D eigenvalue weighted by molar-refractivity contribution is 0.0684. The van der Waals surface area contributed by atoms with E-state index in [0.717, 1.165) is 17.8 Å². The van der Waals surface area contributed by atoms with Gasteiger partial charge in [0.1, 0.15) is 5.82 Å². The Hall–Kier alpha value is -2.18. The van der Waals surface area contributed by atoms with Gasteiger partial charge in [-0.1, -0.05) is 12.1 Å². The van der Waals surface area contributed by atoms with Crippen LogP contribution in [0.2, 0.25) is 0 Å².